The molecule has 0 bridgehead atoms. The monoisotopic (exact) mass is 511 g/mol. The first-order chi connectivity index (χ1) is 16.5. The van der Waals surface area contributed by atoms with Gasteiger partial charge in [0.25, 0.3) is 0 Å². The van der Waals surface area contributed by atoms with E-state index in [0.29, 0.717) is 12.3 Å². The van der Waals surface area contributed by atoms with E-state index >= 15 is 0 Å². The van der Waals surface area contributed by atoms with Crippen molar-refractivity contribution in [3.8, 4) is 0 Å². The summed E-state index contributed by atoms with van der Waals surface area (Å²) < 4.78 is 0. The van der Waals surface area contributed by atoms with Gasteiger partial charge in [0.1, 0.15) is 12.1 Å². The second-order valence-corrected chi connectivity index (χ2v) is 9.63. The number of rotatable bonds is 17. The van der Waals surface area contributed by atoms with Gasteiger partial charge in [-0.05, 0) is 60.3 Å². The Morgan fingerprint density at radius 3 is 1.94 bits per heavy atom. The lowest BCUT2D eigenvalue weighted by atomic mass is 10.1. The average Bonchev–Trinajstić information content (AvgIpc) is 2.75. The van der Waals surface area contributed by atoms with E-state index in [1.54, 1.807) is 6.92 Å². The van der Waals surface area contributed by atoms with Crippen LogP contribution in [0, 0.1) is 0 Å². The minimum Gasteiger partial charge on any atom is -0.480 e. The lowest BCUT2D eigenvalue weighted by Crippen LogP contribution is -2.50. The van der Waals surface area contributed by atoms with E-state index in [2.05, 4.69) is 54.9 Å². The van der Waals surface area contributed by atoms with Crippen molar-refractivity contribution in [3.63, 3.8) is 0 Å². The molecule has 2 atom stereocenters. The maximum atomic E-state index is 12.2. The van der Waals surface area contributed by atoms with Gasteiger partial charge in [0.15, 0.2) is 0 Å². The smallest absolute Gasteiger partial charge is 0.327 e. The third kappa shape index (κ3) is 17.4. The Hall–Kier alpha value is -2.75. The van der Waals surface area contributed by atoms with Gasteiger partial charge in [-0.2, -0.15) is 11.8 Å². The zero-order valence-corrected chi connectivity index (χ0v) is 22.3. The van der Waals surface area contributed by atoms with Crippen molar-refractivity contribution in [1.29, 1.82) is 0 Å². The second-order valence-electron chi connectivity index (χ2n) is 8.55. The largest absolute Gasteiger partial charge is 0.480 e. The molecule has 0 aliphatic heterocycles. The van der Waals surface area contributed by atoms with Crippen LogP contribution in [0.1, 0.15) is 66.7 Å². The lowest BCUT2D eigenvalue weighted by molar-refractivity contribution is -0.142. The maximum Gasteiger partial charge on any atom is 0.327 e. The molecule has 0 fully saturated rings. The summed E-state index contributed by atoms with van der Waals surface area (Å²) >= 11 is 1.37. The van der Waals surface area contributed by atoms with Crippen LogP contribution in [0.2, 0.25) is 0 Å². The predicted octanol–water partition coefficient (Wildman–Crippen LogP) is 3.87. The first-order valence-electron chi connectivity index (χ1n) is 11.8. The van der Waals surface area contributed by atoms with Gasteiger partial charge in [-0.3, -0.25) is 4.79 Å². The van der Waals surface area contributed by atoms with Crippen molar-refractivity contribution in [1.82, 2.24) is 16.0 Å². The SMILES string of the molecule is CCNC(=O)N[C@H](CC(=O)N[C@@H](CSCC=C(C)CCC=C(C)CCC=C(C)C)C(=O)O)C(=O)O. The highest BCUT2D eigenvalue weighted by Gasteiger charge is 2.26. The van der Waals surface area contributed by atoms with Gasteiger partial charge in [0.05, 0.1) is 6.42 Å². The number of amides is 3. The number of carbonyl (C=O) groups excluding carboxylic acids is 2. The number of urea groups is 1. The van der Waals surface area contributed by atoms with Crippen molar-refractivity contribution in [3.05, 3.63) is 34.9 Å². The van der Waals surface area contributed by atoms with Crippen LogP contribution < -0.4 is 16.0 Å². The molecular weight excluding hydrogens is 470 g/mol. The second kappa shape index (κ2) is 18.6. The fourth-order valence-corrected chi connectivity index (χ4v) is 3.91. The fraction of sp³-hybridized carbons (Fsp3) is 0.600. The number of hydrogen-bond acceptors (Lipinski definition) is 5. The molecule has 0 rings (SSSR count). The lowest BCUT2D eigenvalue weighted by Gasteiger charge is -2.17. The standard InChI is InChI=1S/C25H41N3O6S/c1-6-26-25(34)28-20(23(30)31)15-22(29)27-21(24(32)33)16-35-14-13-19(5)12-8-11-18(4)10-7-9-17(2)3/h9,11,13,20-21H,6-8,10,12,14-16H2,1-5H3,(H,27,29)(H,30,31)(H,32,33)(H2,26,28,34)/t20-,21+/m1/s1. The minimum atomic E-state index is -1.46. The quantitative estimate of drug-likeness (QED) is 0.147. The molecule has 5 N–H and O–H groups in total. The number of aliphatic carboxylic acids is 2. The van der Waals surface area contributed by atoms with Crippen LogP contribution in [-0.4, -0.2) is 64.2 Å². The Labute approximate surface area is 212 Å². The molecule has 0 aromatic heterocycles. The third-order valence-electron chi connectivity index (χ3n) is 4.92. The van der Waals surface area contributed by atoms with E-state index in [4.69, 9.17) is 0 Å². The molecular formula is C25H41N3O6S. The van der Waals surface area contributed by atoms with Gasteiger partial charge in [-0.15, -0.1) is 0 Å². The predicted molar refractivity (Wildman–Crippen MR) is 141 cm³/mol. The van der Waals surface area contributed by atoms with Crippen LogP contribution >= 0.6 is 11.8 Å². The molecule has 0 aromatic carbocycles. The molecule has 0 aromatic rings. The topological polar surface area (TPSA) is 145 Å². The highest BCUT2D eigenvalue weighted by molar-refractivity contribution is 7.99. The number of thioether (sulfide) groups is 1. The molecule has 9 nitrogen and oxygen atoms in total. The van der Waals surface area contributed by atoms with Gasteiger partial charge < -0.3 is 26.2 Å². The summed E-state index contributed by atoms with van der Waals surface area (Å²) in [5.74, 6) is -2.61. The van der Waals surface area contributed by atoms with E-state index in [0.717, 1.165) is 25.7 Å². The van der Waals surface area contributed by atoms with Crippen LogP contribution in [0.3, 0.4) is 0 Å². The summed E-state index contributed by atoms with van der Waals surface area (Å²) in [6.07, 6.45) is 9.96. The Morgan fingerprint density at radius 2 is 1.40 bits per heavy atom. The highest BCUT2D eigenvalue weighted by atomic mass is 32.2. The summed E-state index contributed by atoms with van der Waals surface area (Å²) in [5.41, 5.74) is 3.91. The van der Waals surface area contributed by atoms with Crippen molar-refractivity contribution < 1.29 is 29.4 Å². The van der Waals surface area contributed by atoms with Crippen LogP contribution in [0.15, 0.2) is 34.9 Å². The first-order valence-corrected chi connectivity index (χ1v) is 12.9. The summed E-state index contributed by atoms with van der Waals surface area (Å²) in [7, 11) is 0. The molecule has 0 spiro atoms. The molecule has 10 heteroatoms. The Kier molecular flexibility index (Phi) is 17.1. The number of carboxylic acids is 2. The maximum absolute atomic E-state index is 12.2. The zero-order chi connectivity index (χ0) is 26.8. The molecule has 0 aliphatic carbocycles. The summed E-state index contributed by atoms with van der Waals surface area (Å²) in [5, 5.41) is 25.5. The van der Waals surface area contributed by atoms with E-state index in [1.165, 1.54) is 28.5 Å². The molecule has 3 amide bonds. The third-order valence-corrected chi connectivity index (χ3v) is 5.89. The van der Waals surface area contributed by atoms with Gasteiger partial charge >= 0.3 is 18.0 Å². The fourth-order valence-electron chi connectivity index (χ4n) is 2.91. The van der Waals surface area contributed by atoms with Crippen molar-refractivity contribution in [2.75, 3.05) is 18.1 Å². The van der Waals surface area contributed by atoms with Crippen LogP contribution in [-0.2, 0) is 14.4 Å². The van der Waals surface area contributed by atoms with Crippen LogP contribution in [0.4, 0.5) is 4.79 Å². The van der Waals surface area contributed by atoms with Gasteiger partial charge in [0.2, 0.25) is 5.91 Å². The number of hydrogen-bond donors (Lipinski definition) is 5. The minimum absolute atomic E-state index is 0.135. The Bertz CT molecular complexity index is 803. The first kappa shape index (κ1) is 32.2. The normalized spacial score (nSPS) is 13.4. The van der Waals surface area contributed by atoms with Gasteiger partial charge in [0, 0.05) is 18.1 Å². The van der Waals surface area contributed by atoms with E-state index < -0.39 is 42.4 Å². The number of nitrogens with one attached hydrogen (secondary N) is 3. The van der Waals surface area contributed by atoms with Crippen molar-refractivity contribution >= 4 is 35.6 Å². The molecule has 35 heavy (non-hydrogen) atoms. The molecule has 0 saturated carbocycles. The number of allylic oxidation sites excluding steroid dienone is 5. The molecule has 198 valence electrons. The summed E-state index contributed by atoms with van der Waals surface area (Å²) in [6.45, 7) is 10.3. The zero-order valence-electron chi connectivity index (χ0n) is 21.5. The highest BCUT2D eigenvalue weighted by Crippen LogP contribution is 2.13. The van der Waals surface area contributed by atoms with Gasteiger partial charge in [-0.25, -0.2) is 14.4 Å². The van der Waals surface area contributed by atoms with E-state index in [-0.39, 0.29) is 5.75 Å². The molecule has 0 aliphatic rings. The molecule has 0 unspecified atom stereocenters. The van der Waals surface area contributed by atoms with Gasteiger partial charge in [-0.1, -0.05) is 34.9 Å². The van der Waals surface area contributed by atoms with Crippen LogP contribution in [0.25, 0.3) is 0 Å². The van der Waals surface area contributed by atoms with E-state index in [9.17, 15) is 29.4 Å². The number of carbonyl (C=O) groups is 4. The van der Waals surface area contributed by atoms with E-state index in [1.807, 2.05) is 6.92 Å². The average molecular weight is 512 g/mol. The van der Waals surface area contributed by atoms with Crippen LogP contribution in [0.5, 0.6) is 0 Å². The molecule has 0 radical (unpaired) electrons. The number of carboxylic acid groups (broad SMARTS) is 2. The Morgan fingerprint density at radius 1 is 0.829 bits per heavy atom. The molecule has 0 heterocycles. The Balaban J connectivity index is 4.53. The van der Waals surface area contributed by atoms with Crippen molar-refractivity contribution in [2.45, 2.75) is 78.8 Å². The summed E-state index contributed by atoms with van der Waals surface area (Å²) in [4.78, 5) is 46.5. The summed E-state index contributed by atoms with van der Waals surface area (Å²) in [6, 6.07) is -3.33. The molecule has 0 saturated heterocycles. The van der Waals surface area contributed by atoms with Crippen molar-refractivity contribution in [2.24, 2.45) is 0 Å².